The number of rotatable bonds is 3. The molecule has 2 rings (SSSR count). The Morgan fingerprint density at radius 2 is 2.00 bits per heavy atom. The van der Waals surface area contributed by atoms with Crippen molar-refractivity contribution in [3.8, 4) is 0 Å². The van der Waals surface area contributed by atoms with E-state index in [1.54, 1.807) is 30.5 Å². The molecule has 5 nitrogen and oxygen atoms in total. The molecular formula is C13H14N4O. The molecule has 1 amide bonds. The first-order chi connectivity index (χ1) is 8.66. The van der Waals surface area contributed by atoms with Crippen LogP contribution in [0.1, 0.15) is 23.0 Å². The van der Waals surface area contributed by atoms with E-state index < -0.39 is 0 Å². The Labute approximate surface area is 105 Å². The van der Waals surface area contributed by atoms with Gasteiger partial charge in [0, 0.05) is 17.4 Å². The normalized spacial score (nSPS) is 11.3. The summed E-state index contributed by atoms with van der Waals surface area (Å²) in [5.41, 5.74) is 10.8. The third kappa shape index (κ3) is 2.76. The van der Waals surface area contributed by atoms with E-state index in [0.29, 0.717) is 17.0 Å². The van der Waals surface area contributed by atoms with E-state index >= 15 is 0 Å². The number of anilines is 1. The van der Waals surface area contributed by atoms with Gasteiger partial charge in [0.1, 0.15) is 0 Å². The van der Waals surface area contributed by atoms with Gasteiger partial charge in [-0.05, 0) is 43.3 Å². The van der Waals surface area contributed by atoms with Crippen molar-refractivity contribution in [2.24, 2.45) is 5.10 Å². The summed E-state index contributed by atoms with van der Waals surface area (Å²) in [6, 6.07) is 10.4. The number of carbonyl (C=O) groups is 1. The van der Waals surface area contributed by atoms with Gasteiger partial charge in [0.2, 0.25) is 0 Å². The van der Waals surface area contributed by atoms with Gasteiger partial charge < -0.3 is 10.7 Å². The van der Waals surface area contributed by atoms with Crippen molar-refractivity contribution in [2.45, 2.75) is 6.92 Å². The average molecular weight is 242 g/mol. The van der Waals surface area contributed by atoms with Gasteiger partial charge in [-0.15, -0.1) is 0 Å². The van der Waals surface area contributed by atoms with E-state index in [1.807, 2.05) is 19.1 Å². The molecule has 92 valence electrons. The van der Waals surface area contributed by atoms with Gasteiger partial charge in [-0.3, -0.25) is 4.79 Å². The van der Waals surface area contributed by atoms with Crippen LogP contribution >= 0.6 is 0 Å². The summed E-state index contributed by atoms with van der Waals surface area (Å²) in [6.07, 6.45) is 1.80. The first-order valence-corrected chi connectivity index (χ1v) is 5.51. The van der Waals surface area contributed by atoms with Crippen LogP contribution < -0.4 is 11.2 Å². The summed E-state index contributed by atoms with van der Waals surface area (Å²) in [5, 5.41) is 4.02. The molecule has 1 aromatic carbocycles. The summed E-state index contributed by atoms with van der Waals surface area (Å²) in [7, 11) is 0. The second-order valence-corrected chi connectivity index (χ2v) is 3.84. The lowest BCUT2D eigenvalue weighted by molar-refractivity contribution is 0.0955. The molecule has 1 aromatic heterocycles. The lowest BCUT2D eigenvalue weighted by Crippen LogP contribution is -2.19. The highest BCUT2D eigenvalue weighted by molar-refractivity contribution is 5.99. The Morgan fingerprint density at radius 1 is 1.28 bits per heavy atom. The number of H-pyrrole nitrogens is 1. The fourth-order valence-corrected chi connectivity index (χ4v) is 1.45. The predicted molar refractivity (Wildman–Crippen MR) is 71.3 cm³/mol. The average Bonchev–Trinajstić information content (AvgIpc) is 2.90. The molecule has 0 aliphatic rings. The van der Waals surface area contributed by atoms with Crippen molar-refractivity contribution in [1.82, 2.24) is 10.4 Å². The van der Waals surface area contributed by atoms with E-state index in [9.17, 15) is 4.79 Å². The maximum atomic E-state index is 11.8. The Kier molecular flexibility index (Phi) is 3.43. The molecule has 0 spiro atoms. The van der Waals surface area contributed by atoms with Gasteiger partial charge in [0.15, 0.2) is 0 Å². The standard InChI is InChI=1S/C13H14N4O/c1-9(12-3-2-8-15-12)16-17-13(18)10-4-6-11(14)7-5-10/h2-8,15H,14H2,1H3,(H,17,18)/b16-9+. The molecule has 18 heavy (non-hydrogen) atoms. The van der Waals surface area contributed by atoms with Crippen molar-refractivity contribution >= 4 is 17.3 Å². The maximum Gasteiger partial charge on any atom is 0.271 e. The number of nitrogen functional groups attached to an aromatic ring is 1. The number of nitrogens with zero attached hydrogens (tertiary/aromatic N) is 1. The fraction of sp³-hybridized carbons (Fsp3) is 0.0769. The third-order valence-corrected chi connectivity index (χ3v) is 2.49. The molecule has 0 unspecified atom stereocenters. The molecule has 0 atom stereocenters. The van der Waals surface area contributed by atoms with Crippen molar-refractivity contribution in [2.75, 3.05) is 5.73 Å². The molecule has 0 bridgehead atoms. The Balaban J connectivity index is 2.04. The van der Waals surface area contributed by atoms with Crippen molar-refractivity contribution < 1.29 is 4.79 Å². The van der Waals surface area contributed by atoms with Gasteiger partial charge in [0.05, 0.1) is 11.4 Å². The predicted octanol–water partition coefficient (Wildman–Crippen LogP) is 1.75. The molecule has 0 aliphatic heterocycles. The van der Waals surface area contributed by atoms with Crippen LogP contribution in [0.15, 0.2) is 47.7 Å². The number of hydrazone groups is 1. The summed E-state index contributed by atoms with van der Waals surface area (Å²) in [6.45, 7) is 1.81. The van der Waals surface area contributed by atoms with Crippen LogP contribution in [0.3, 0.4) is 0 Å². The topological polar surface area (TPSA) is 83.3 Å². The molecule has 0 fully saturated rings. The van der Waals surface area contributed by atoms with Crippen LogP contribution in [0.25, 0.3) is 0 Å². The molecule has 1 heterocycles. The Morgan fingerprint density at radius 3 is 2.61 bits per heavy atom. The molecule has 0 saturated carbocycles. The lowest BCUT2D eigenvalue weighted by atomic mass is 10.2. The fourth-order valence-electron chi connectivity index (χ4n) is 1.45. The molecule has 0 saturated heterocycles. The summed E-state index contributed by atoms with van der Waals surface area (Å²) < 4.78 is 0. The highest BCUT2D eigenvalue weighted by atomic mass is 16.2. The number of hydrogen-bond donors (Lipinski definition) is 3. The summed E-state index contributed by atoms with van der Waals surface area (Å²) >= 11 is 0. The summed E-state index contributed by atoms with van der Waals surface area (Å²) in [5.74, 6) is -0.263. The number of benzene rings is 1. The van der Waals surface area contributed by atoms with Crippen molar-refractivity contribution in [3.63, 3.8) is 0 Å². The van der Waals surface area contributed by atoms with Gasteiger partial charge in [-0.2, -0.15) is 5.10 Å². The van der Waals surface area contributed by atoms with Crippen LogP contribution in [0, 0.1) is 0 Å². The van der Waals surface area contributed by atoms with Gasteiger partial charge in [-0.1, -0.05) is 0 Å². The number of aromatic amines is 1. The number of carbonyl (C=O) groups excluding carboxylic acids is 1. The zero-order valence-corrected chi connectivity index (χ0v) is 9.97. The van der Waals surface area contributed by atoms with Crippen LogP contribution in [0.2, 0.25) is 0 Å². The number of aromatic nitrogens is 1. The highest BCUT2D eigenvalue weighted by Crippen LogP contribution is 2.05. The largest absolute Gasteiger partial charge is 0.399 e. The first kappa shape index (κ1) is 11.9. The zero-order valence-electron chi connectivity index (χ0n) is 9.97. The van der Waals surface area contributed by atoms with Crippen LogP contribution in [-0.2, 0) is 0 Å². The molecule has 4 N–H and O–H groups in total. The van der Waals surface area contributed by atoms with Crippen molar-refractivity contribution in [3.05, 3.63) is 53.9 Å². The minimum absolute atomic E-state index is 0.263. The maximum absolute atomic E-state index is 11.8. The van der Waals surface area contributed by atoms with Crippen LogP contribution in [0.5, 0.6) is 0 Å². The number of amides is 1. The molecule has 0 aliphatic carbocycles. The lowest BCUT2D eigenvalue weighted by Gasteiger charge is -2.02. The zero-order chi connectivity index (χ0) is 13.0. The third-order valence-electron chi connectivity index (χ3n) is 2.49. The van der Waals surface area contributed by atoms with E-state index in [2.05, 4.69) is 15.5 Å². The van der Waals surface area contributed by atoms with Gasteiger partial charge in [-0.25, -0.2) is 5.43 Å². The van der Waals surface area contributed by atoms with E-state index in [-0.39, 0.29) is 5.91 Å². The second kappa shape index (κ2) is 5.18. The van der Waals surface area contributed by atoms with Crippen molar-refractivity contribution in [1.29, 1.82) is 0 Å². The van der Waals surface area contributed by atoms with Gasteiger partial charge >= 0.3 is 0 Å². The number of nitrogens with two attached hydrogens (primary N) is 1. The first-order valence-electron chi connectivity index (χ1n) is 5.51. The van der Waals surface area contributed by atoms with Crippen LogP contribution in [-0.4, -0.2) is 16.6 Å². The Hall–Kier alpha value is -2.56. The van der Waals surface area contributed by atoms with Crippen LogP contribution in [0.4, 0.5) is 5.69 Å². The van der Waals surface area contributed by atoms with E-state index in [4.69, 9.17) is 5.73 Å². The second-order valence-electron chi connectivity index (χ2n) is 3.84. The molecule has 2 aromatic rings. The van der Waals surface area contributed by atoms with E-state index in [1.165, 1.54) is 0 Å². The summed E-state index contributed by atoms with van der Waals surface area (Å²) in [4.78, 5) is 14.8. The molecule has 0 radical (unpaired) electrons. The molecule has 5 heteroatoms. The monoisotopic (exact) mass is 242 g/mol. The minimum Gasteiger partial charge on any atom is -0.399 e. The number of nitrogens with one attached hydrogen (secondary N) is 2. The van der Waals surface area contributed by atoms with E-state index in [0.717, 1.165) is 5.69 Å². The molecular weight excluding hydrogens is 228 g/mol. The SMILES string of the molecule is C/C(=N\NC(=O)c1ccc(N)cc1)c1ccc[nH]1. The Bertz CT molecular complexity index is 555. The number of hydrogen-bond acceptors (Lipinski definition) is 3. The quantitative estimate of drug-likeness (QED) is 0.435. The smallest absolute Gasteiger partial charge is 0.271 e. The van der Waals surface area contributed by atoms with Gasteiger partial charge in [0.25, 0.3) is 5.91 Å². The minimum atomic E-state index is -0.263. The highest BCUT2D eigenvalue weighted by Gasteiger charge is 2.04.